The Morgan fingerprint density at radius 1 is 1.12 bits per heavy atom. The van der Waals surface area contributed by atoms with Crippen molar-refractivity contribution in [3.05, 3.63) is 63.9 Å². The normalized spacial score (nSPS) is 10.9. The summed E-state index contributed by atoms with van der Waals surface area (Å²) in [5.41, 5.74) is 1.35. The van der Waals surface area contributed by atoms with Gasteiger partial charge in [0.1, 0.15) is 22.7 Å². The molecule has 33 heavy (non-hydrogen) atoms. The lowest BCUT2D eigenvalue weighted by molar-refractivity contribution is 0.0427. The summed E-state index contributed by atoms with van der Waals surface area (Å²) in [6, 6.07) is 8.56. The van der Waals surface area contributed by atoms with E-state index in [4.69, 9.17) is 18.7 Å². The molecule has 0 fully saturated rings. The maximum absolute atomic E-state index is 12.8. The molecule has 10 nitrogen and oxygen atoms in total. The van der Waals surface area contributed by atoms with E-state index in [0.29, 0.717) is 34.6 Å². The Kier molecular flexibility index (Phi) is 6.07. The van der Waals surface area contributed by atoms with Crippen molar-refractivity contribution in [2.75, 3.05) is 14.2 Å². The van der Waals surface area contributed by atoms with E-state index in [-0.39, 0.29) is 23.9 Å². The van der Waals surface area contributed by atoms with Gasteiger partial charge >= 0.3 is 5.97 Å². The van der Waals surface area contributed by atoms with Crippen molar-refractivity contribution in [2.24, 2.45) is 0 Å². The zero-order valence-corrected chi connectivity index (χ0v) is 18.6. The predicted octanol–water partition coefficient (Wildman–Crippen LogP) is 3.15. The minimum atomic E-state index is -0.786. The number of pyridine rings is 2. The fraction of sp³-hybridized carbons (Fsp3) is 0.261. The zero-order valence-electron chi connectivity index (χ0n) is 18.6. The summed E-state index contributed by atoms with van der Waals surface area (Å²) >= 11 is 0. The number of carbonyl (C=O) groups excluding carboxylic acids is 1. The summed E-state index contributed by atoms with van der Waals surface area (Å²) in [7, 11) is 3.07. The highest BCUT2D eigenvalue weighted by atomic mass is 16.6. The minimum Gasteiger partial charge on any atom is -0.497 e. The van der Waals surface area contributed by atoms with Gasteiger partial charge in [-0.1, -0.05) is 5.16 Å². The second-order valence-corrected chi connectivity index (χ2v) is 7.14. The van der Waals surface area contributed by atoms with Crippen LogP contribution in [-0.4, -0.2) is 39.9 Å². The lowest BCUT2D eigenvalue weighted by Gasteiger charge is -2.10. The number of hydrogen-bond acceptors (Lipinski definition) is 9. The van der Waals surface area contributed by atoms with Crippen LogP contribution >= 0.6 is 0 Å². The SMILES string of the molecule is CCn1cc(C(=O)OCc2nc(-c3ccc(OC)cc3OC)no2)c(=O)c2ccc(C)nc21. The van der Waals surface area contributed by atoms with E-state index in [1.165, 1.54) is 13.3 Å². The Morgan fingerprint density at radius 3 is 2.67 bits per heavy atom. The maximum Gasteiger partial charge on any atom is 0.344 e. The molecule has 10 heteroatoms. The molecule has 0 aliphatic rings. The number of methoxy groups -OCH3 is 2. The molecular formula is C23H22N4O6. The van der Waals surface area contributed by atoms with Crippen molar-refractivity contribution in [2.45, 2.75) is 27.0 Å². The van der Waals surface area contributed by atoms with Crippen molar-refractivity contribution >= 4 is 17.0 Å². The van der Waals surface area contributed by atoms with Crippen LogP contribution in [0.5, 0.6) is 11.5 Å². The highest BCUT2D eigenvalue weighted by Crippen LogP contribution is 2.31. The molecule has 0 radical (unpaired) electrons. The molecule has 1 aromatic carbocycles. The van der Waals surface area contributed by atoms with Crippen molar-refractivity contribution < 1.29 is 23.5 Å². The van der Waals surface area contributed by atoms with E-state index >= 15 is 0 Å². The molecular weight excluding hydrogens is 428 g/mol. The van der Waals surface area contributed by atoms with Crippen LogP contribution in [0.3, 0.4) is 0 Å². The number of fused-ring (bicyclic) bond motifs is 1. The van der Waals surface area contributed by atoms with Gasteiger partial charge < -0.3 is 23.3 Å². The highest BCUT2D eigenvalue weighted by Gasteiger charge is 2.20. The van der Waals surface area contributed by atoms with Crippen molar-refractivity contribution in [3.8, 4) is 22.9 Å². The van der Waals surface area contributed by atoms with Crippen molar-refractivity contribution in [1.82, 2.24) is 19.7 Å². The number of benzene rings is 1. The van der Waals surface area contributed by atoms with Crippen LogP contribution in [0.2, 0.25) is 0 Å². The van der Waals surface area contributed by atoms with Crippen LogP contribution in [0.25, 0.3) is 22.4 Å². The summed E-state index contributed by atoms with van der Waals surface area (Å²) in [5.74, 6) is 0.670. The number of carbonyl (C=O) groups is 1. The van der Waals surface area contributed by atoms with Gasteiger partial charge in [0.15, 0.2) is 6.61 Å². The van der Waals surface area contributed by atoms with Gasteiger partial charge in [-0.15, -0.1) is 0 Å². The molecule has 0 saturated heterocycles. The fourth-order valence-corrected chi connectivity index (χ4v) is 3.36. The minimum absolute atomic E-state index is 0.0742. The molecule has 0 N–H and O–H groups in total. The van der Waals surface area contributed by atoms with E-state index in [9.17, 15) is 9.59 Å². The Hall–Kier alpha value is -4.21. The first-order chi connectivity index (χ1) is 15.9. The molecule has 3 heterocycles. The zero-order chi connectivity index (χ0) is 23.5. The third kappa shape index (κ3) is 4.27. The molecule has 0 aliphatic heterocycles. The van der Waals surface area contributed by atoms with Crippen LogP contribution in [0.4, 0.5) is 0 Å². The second-order valence-electron chi connectivity index (χ2n) is 7.14. The fourth-order valence-electron chi connectivity index (χ4n) is 3.36. The summed E-state index contributed by atoms with van der Waals surface area (Å²) < 4.78 is 22.8. The monoisotopic (exact) mass is 450 g/mol. The predicted molar refractivity (Wildman–Crippen MR) is 118 cm³/mol. The topological polar surface area (TPSA) is 119 Å². The van der Waals surface area contributed by atoms with Gasteiger partial charge in [0.25, 0.3) is 5.89 Å². The largest absolute Gasteiger partial charge is 0.497 e. The number of ether oxygens (including phenoxy) is 3. The number of aryl methyl sites for hydroxylation is 2. The highest BCUT2D eigenvalue weighted by molar-refractivity contribution is 5.93. The molecule has 0 atom stereocenters. The van der Waals surface area contributed by atoms with E-state index in [1.807, 2.05) is 13.8 Å². The van der Waals surface area contributed by atoms with Gasteiger partial charge in [0.05, 0.1) is 25.2 Å². The maximum atomic E-state index is 12.8. The Balaban J connectivity index is 1.56. The molecule has 0 amide bonds. The van der Waals surface area contributed by atoms with E-state index in [1.54, 1.807) is 42.0 Å². The van der Waals surface area contributed by atoms with Gasteiger partial charge in [0.2, 0.25) is 11.3 Å². The van der Waals surface area contributed by atoms with Crippen LogP contribution < -0.4 is 14.9 Å². The first kappa shape index (κ1) is 22.0. The molecule has 0 spiro atoms. The number of hydrogen-bond donors (Lipinski definition) is 0. The van der Waals surface area contributed by atoms with Crippen LogP contribution in [0, 0.1) is 6.92 Å². The van der Waals surface area contributed by atoms with Gasteiger partial charge in [-0.3, -0.25) is 4.79 Å². The van der Waals surface area contributed by atoms with E-state index < -0.39 is 11.4 Å². The third-order valence-corrected chi connectivity index (χ3v) is 5.07. The van der Waals surface area contributed by atoms with Crippen molar-refractivity contribution in [3.63, 3.8) is 0 Å². The van der Waals surface area contributed by atoms with E-state index in [2.05, 4.69) is 15.1 Å². The Labute approximate surface area is 188 Å². The summed E-state index contributed by atoms with van der Waals surface area (Å²) in [5, 5.41) is 4.27. The van der Waals surface area contributed by atoms with Gasteiger partial charge in [-0.25, -0.2) is 9.78 Å². The standard InChI is InChI=1S/C23H22N4O6/c1-5-27-11-17(20(28)16-8-6-13(2)24-22(16)27)23(29)32-12-19-25-21(26-33-19)15-9-7-14(30-3)10-18(15)31-4/h6-11H,5,12H2,1-4H3. The Morgan fingerprint density at radius 2 is 1.94 bits per heavy atom. The molecule has 0 unspecified atom stereocenters. The first-order valence-electron chi connectivity index (χ1n) is 10.2. The average Bonchev–Trinajstić information content (AvgIpc) is 3.31. The second kappa shape index (κ2) is 9.11. The van der Waals surface area contributed by atoms with E-state index in [0.717, 1.165) is 5.69 Å². The first-order valence-corrected chi connectivity index (χ1v) is 10.2. The molecule has 3 aromatic heterocycles. The molecule has 170 valence electrons. The quantitative estimate of drug-likeness (QED) is 0.391. The summed E-state index contributed by atoms with van der Waals surface area (Å²) in [4.78, 5) is 34.2. The van der Waals surface area contributed by atoms with Gasteiger partial charge in [0, 0.05) is 24.5 Å². The molecule has 4 aromatic rings. The molecule has 0 aliphatic carbocycles. The number of nitrogens with zero attached hydrogens (tertiary/aromatic N) is 4. The average molecular weight is 450 g/mol. The van der Waals surface area contributed by atoms with Gasteiger partial charge in [-0.2, -0.15) is 4.98 Å². The lowest BCUT2D eigenvalue weighted by Crippen LogP contribution is -2.21. The van der Waals surface area contributed by atoms with Crippen LogP contribution in [0.1, 0.15) is 28.9 Å². The van der Waals surface area contributed by atoms with Crippen LogP contribution in [-0.2, 0) is 17.9 Å². The Bertz CT molecular complexity index is 1390. The molecule has 0 saturated carbocycles. The number of esters is 1. The smallest absolute Gasteiger partial charge is 0.344 e. The number of aromatic nitrogens is 4. The molecule has 0 bridgehead atoms. The van der Waals surface area contributed by atoms with Crippen molar-refractivity contribution in [1.29, 1.82) is 0 Å². The summed E-state index contributed by atoms with van der Waals surface area (Å²) in [6.07, 6.45) is 1.46. The number of rotatable bonds is 7. The summed E-state index contributed by atoms with van der Waals surface area (Å²) in [6.45, 7) is 3.98. The van der Waals surface area contributed by atoms with Gasteiger partial charge in [-0.05, 0) is 38.1 Å². The lowest BCUT2D eigenvalue weighted by atomic mass is 10.2. The third-order valence-electron chi connectivity index (χ3n) is 5.07. The molecule has 4 rings (SSSR count). The van der Waals surface area contributed by atoms with Crippen LogP contribution in [0.15, 0.2) is 45.8 Å².